The molecule has 0 spiro atoms. The van der Waals surface area contributed by atoms with Gasteiger partial charge in [0, 0.05) is 24.3 Å². The van der Waals surface area contributed by atoms with Gasteiger partial charge in [-0.15, -0.1) is 16.9 Å². The van der Waals surface area contributed by atoms with E-state index >= 15 is 0 Å². The minimum atomic E-state index is -4.86. The van der Waals surface area contributed by atoms with Gasteiger partial charge in [-0.2, -0.15) is 8.78 Å². The van der Waals surface area contributed by atoms with Crippen molar-refractivity contribution in [2.75, 3.05) is 17.9 Å². The maximum atomic E-state index is 13.1. The van der Waals surface area contributed by atoms with E-state index in [1.807, 2.05) is 11.6 Å². The second-order valence-electron chi connectivity index (χ2n) is 7.49. The number of anilines is 1. The zero-order valence-electron chi connectivity index (χ0n) is 19.3. The minimum absolute atomic E-state index is 0.0654. The van der Waals surface area contributed by atoms with Gasteiger partial charge in [-0.3, -0.25) is 19.5 Å². The van der Waals surface area contributed by atoms with Crippen LogP contribution in [0.1, 0.15) is 28.3 Å². The Morgan fingerprint density at radius 1 is 1.27 bits per heavy atom. The Kier molecular flexibility index (Phi) is 8.10. The number of halogens is 2. The van der Waals surface area contributed by atoms with Crippen LogP contribution in [-0.2, 0) is 10.0 Å². The number of nitrogens with zero attached hydrogens (tertiary/aromatic N) is 4. The van der Waals surface area contributed by atoms with Crippen molar-refractivity contribution < 1.29 is 26.7 Å². The van der Waals surface area contributed by atoms with Crippen LogP contribution in [0.15, 0.2) is 55.3 Å². The van der Waals surface area contributed by atoms with E-state index in [9.17, 15) is 22.0 Å². The van der Waals surface area contributed by atoms with Crippen LogP contribution in [0.3, 0.4) is 0 Å². The average Bonchev–Trinajstić information content (AvgIpc) is 3.56. The van der Waals surface area contributed by atoms with E-state index in [-0.39, 0.29) is 17.2 Å². The second-order valence-corrected chi connectivity index (χ2v) is 10.2. The van der Waals surface area contributed by atoms with Crippen molar-refractivity contribution in [2.45, 2.75) is 18.7 Å². The number of aromatic nitrogens is 3. The highest BCUT2D eigenvalue weighted by Gasteiger charge is 2.25. The molecule has 2 aromatic heterocycles. The van der Waals surface area contributed by atoms with Crippen LogP contribution in [0.4, 0.5) is 14.5 Å². The number of hydrazine groups is 2. The molecule has 16 heteroatoms. The molecule has 3 heterocycles. The molecule has 0 aliphatic carbocycles. The van der Waals surface area contributed by atoms with E-state index in [0.29, 0.717) is 28.6 Å². The lowest BCUT2D eigenvalue weighted by atomic mass is 10.1. The molecule has 0 bridgehead atoms. The number of alkyl halides is 2. The Morgan fingerprint density at radius 3 is 2.84 bits per heavy atom. The maximum absolute atomic E-state index is 13.1. The third kappa shape index (κ3) is 6.66. The fourth-order valence-corrected chi connectivity index (χ4v) is 4.57. The first kappa shape index (κ1) is 26.2. The van der Waals surface area contributed by atoms with Crippen molar-refractivity contribution in [3.05, 3.63) is 65.8 Å². The lowest BCUT2D eigenvalue weighted by Crippen LogP contribution is -2.42. The van der Waals surface area contributed by atoms with Crippen molar-refractivity contribution in [2.24, 2.45) is 0 Å². The molecule has 0 unspecified atom stereocenters. The van der Waals surface area contributed by atoms with E-state index in [2.05, 4.69) is 31.2 Å². The SMILES string of the molecule is CCOc1cncc(-c2cnc(C(=O)N[C@@H](CN3C=CNN3)c3cccc(NS(=O)(=O)C(F)F)c3)s2)n1. The van der Waals surface area contributed by atoms with E-state index in [0.717, 1.165) is 11.3 Å². The molecular formula is C21H22F2N8O4S2. The predicted molar refractivity (Wildman–Crippen MR) is 132 cm³/mol. The number of sulfonamides is 1. The summed E-state index contributed by atoms with van der Waals surface area (Å²) in [5.41, 5.74) is 6.53. The summed E-state index contributed by atoms with van der Waals surface area (Å²) in [6, 6.07) is 5.16. The summed E-state index contributed by atoms with van der Waals surface area (Å²) in [4.78, 5) is 26.4. The Labute approximate surface area is 214 Å². The number of carbonyl (C=O) groups excluding carboxylic acids is 1. The lowest BCUT2D eigenvalue weighted by molar-refractivity contribution is 0.0923. The highest BCUT2D eigenvalue weighted by Crippen LogP contribution is 2.27. The normalized spacial score (nSPS) is 13.9. The number of hydrogen-bond donors (Lipinski definition) is 4. The predicted octanol–water partition coefficient (Wildman–Crippen LogP) is 2.23. The van der Waals surface area contributed by atoms with E-state index in [1.54, 1.807) is 23.5 Å². The number of rotatable bonds is 11. The van der Waals surface area contributed by atoms with E-state index < -0.39 is 27.7 Å². The second kappa shape index (κ2) is 11.4. The molecule has 0 saturated carbocycles. The molecule has 12 nitrogen and oxygen atoms in total. The number of amides is 1. The zero-order valence-corrected chi connectivity index (χ0v) is 20.9. The standard InChI is InChI=1S/C21H22F2N8O4S2/c1-2-35-18-11-24-9-15(27-18)17-10-25-20(36-17)19(32)28-16(12-31-7-6-26-30-31)13-4-3-5-14(8-13)29-37(33,34)21(22)23/h3-11,16,21,26,29-30H,2,12H2,1H3,(H,28,32)/t16-/m0/s1. The number of nitrogens with one attached hydrogen (secondary N) is 4. The summed E-state index contributed by atoms with van der Waals surface area (Å²) in [6.07, 6.45) is 7.84. The topological polar surface area (TPSA) is 150 Å². The van der Waals surface area contributed by atoms with Gasteiger partial charge in [0.15, 0.2) is 5.01 Å². The average molecular weight is 553 g/mol. The first-order valence-electron chi connectivity index (χ1n) is 10.8. The van der Waals surface area contributed by atoms with Crippen LogP contribution in [-0.4, -0.2) is 53.2 Å². The zero-order chi connectivity index (χ0) is 26.4. The maximum Gasteiger partial charge on any atom is 0.355 e. The van der Waals surface area contributed by atoms with Crippen LogP contribution < -0.4 is 25.7 Å². The summed E-state index contributed by atoms with van der Waals surface area (Å²) in [7, 11) is -4.86. The molecule has 37 heavy (non-hydrogen) atoms. The van der Waals surface area contributed by atoms with Crippen LogP contribution in [0, 0.1) is 0 Å². The van der Waals surface area contributed by atoms with Gasteiger partial charge in [0.1, 0.15) is 5.69 Å². The van der Waals surface area contributed by atoms with Crippen LogP contribution >= 0.6 is 11.3 Å². The molecule has 4 N–H and O–H groups in total. The van der Waals surface area contributed by atoms with Gasteiger partial charge in [-0.1, -0.05) is 12.1 Å². The molecule has 0 fully saturated rings. The Hall–Kier alpha value is -3.89. The number of thiazole rings is 1. The fraction of sp³-hybridized carbons (Fsp3) is 0.238. The van der Waals surface area contributed by atoms with Crippen LogP contribution in [0.25, 0.3) is 10.6 Å². The number of hydrogen-bond acceptors (Lipinski definition) is 11. The summed E-state index contributed by atoms with van der Waals surface area (Å²) < 4.78 is 56.1. The first-order valence-corrected chi connectivity index (χ1v) is 13.2. The van der Waals surface area contributed by atoms with Crippen LogP contribution in [0.5, 0.6) is 5.88 Å². The minimum Gasteiger partial charge on any atom is -0.477 e. The lowest BCUT2D eigenvalue weighted by Gasteiger charge is -2.25. The van der Waals surface area contributed by atoms with Crippen molar-refractivity contribution in [1.29, 1.82) is 0 Å². The van der Waals surface area contributed by atoms with Gasteiger partial charge in [0.2, 0.25) is 5.88 Å². The smallest absolute Gasteiger partial charge is 0.355 e. The van der Waals surface area contributed by atoms with Gasteiger partial charge >= 0.3 is 5.76 Å². The molecule has 1 aromatic carbocycles. The molecule has 3 aromatic rings. The van der Waals surface area contributed by atoms with Crippen molar-refractivity contribution >= 4 is 33.0 Å². The third-order valence-electron chi connectivity index (χ3n) is 4.87. The molecule has 0 saturated heterocycles. The van der Waals surface area contributed by atoms with E-state index in [4.69, 9.17) is 4.74 Å². The summed E-state index contributed by atoms with van der Waals surface area (Å²) in [5.74, 6) is -3.74. The summed E-state index contributed by atoms with van der Waals surface area (Å²) >= 11 is 1.10. The molecule has 4 rings (SSSR count). The number of carbonyl (C=O) groups is 1. The molecule has 1 aliphatic rings. The monoisotopic (exact) mass is 552 g/mol. The molecule has 1 amide bonds. The van der Waals surface area contributed by atoms with Crippen molar-refractivity contribution in [1.82, 2.24) is 36.2 Å². The van der Waals surface area contributed by atoms with Crippen LogP contribution in [0.2, 0.25) is 0 Å². The van der Waals surface area contributed by atoms with Crippen molar-refractivity contribution in [3.8, 4) is 16.5 Å². The van der Waals surface area contributed by atoms with Gasteiger partial charge in [0.05, 0.1) is 36.5 Å². The largest absolute Gasteiger partial charge is 0.477 e. The summed E-state index contributed by atoms with van der Waals surface area (Å²) in [5, 5.41) is 4.66. The quantitative estimate of drug-likeness (QED) is 0.279. The molecule has 1 atom stereocenters. The van der Waals surface area contributed by atoms with Crippen molar-refractivity contribution in [3.63, 3.8) is 0 Å². The molecule has 196 valence electrons. The van der Waals surface area contributed by atoms with Gasteiger partial charge < -0.3 is 15.5 Å². The van der Waals surface area contributed by atoms with Gasteiger partial charge in [0.25, 0.3) is 15.9 Å². The Morgan fingerprint density at radius 2 is 2.11 bits per heavy atom. The summed E-state index contributed by atoms with van der Waals surface area (Å²) in [6.45, 7) is 2.46. The molecular weight excluding hydrogens is 530 g/mol. The van der Waals surface area contributed by atoms with Gasteiger partial charge in [-0.25, -0.2) is 18.4 Å². The molecule has 1 aliphatic heterocycles. The van der Waals surface area contributed by atoms with Gasteiger partial charge in [-0.05, 0) is 24.6 Å². The molecule has 0 radical (unpaired) electrons. The Balaban J connectivity index is 1.55. The number of ether oxygens (including phenoxy) is 1. The Bertz CT molecular complexity index is 1390. The number of benzene rings is 1. The highest BCUT2D eigenvalue weighted by atomic mass is 32.2. The van der Waals surface area contributed by atoms with E-state index in [1.165, 1.54) is 36.8 Å². The first-order chi connectivity index (χ1) is 17.7. The highest BCUT2D eigenvalue weighted by molar-refractivity contribution is 7.93. The third-order valence-corrected chi connectivity index (χ3v) is 6.88. The fourth-order valence-electron chi connectivity index (χ4n) is 3.25.